The van der Waals surface area contributed by atoms with Gasteiger partial charge in [-0.3, -0.25) is 9.69 Å². The third kappa shape index (κ3) is 4.46. The maximum atomic E-state index is 12.6. The Morgan fingerprint density at radius 2 is 1.57 bits per heavy atom. The fourth-order valence-electron chi connectivity index (χ4n) is 3.80. The molecule has 1 atom stereocenters. The fraction of sp³-hybridized carbons (Fsp3) is 0.261. The molecule has 144 valence electrons. The summed E-state index contributed by atoms with van der Waals surface area (Å²) >= 11 is 7.75. The Kier molecular flexibility index (Phi) is 6.10. The fourth-order valence-corrected chi connectivity index (χ4v) is 4.62. The molecular formula is C23H23ClN2OS. The molecule has 5 heteroatoms. The van der Waals surface area contributed by atoms with Crippen LogP contribution < -0.4 is 0 Å². The molecule has 1 amide bonds. The summed E-state index contributed by atoms with van der Waals surface area (Å²) in [5, 5.41) is 2.77. The average Bonchev–Trinajstić information content (AvgIpc) is 3.24. The number of benzene rings is 2. The third-order valence-electron chi connectivity index (χ3n) is 5.24. The van der Waals surface area contributed by atoms with Crippen LogP contribution >= 0.6 is 22.9 Å². The van der Waals surface area contributed by atoms with E-state index in [4.69, 9.17) is 11.6 Å². The molecule has 2 aromatic carbocycles. The van der Waals surface area contributed by atoms with Crippen LogP contribution in [0.1, 0.15) is 22.0 Å². The zero-order valence-electron chi connectivity index (χ0n) is 15.6. The predicted octanol–water partition coefficient (Wildman–Crippen LogP) is 4.88. The minimum Gasteiger partial charge on any atom is -0.340 e. The van der Waals surface area contributed by atoms with E-state index in [9.17, 15) is 4.79 Å². The first-order chi connectivity index (χ1) is 13.7. The van der Waals surface area contributed by atoms with Gasteiger partial charge in [0.2, 0.25) is 5.91 Å². The average molecular weight is 411 g/mol. The lowest BCUT2D eigenvalue weighted by molar-refractivity contribution is -0.132. The second-order valence-corrected chi connectivity index (χ2v) is 8.51. The zero-order valence-corrected chi connectivity index (χ0v) is 17.2. The maximum absolute atomic E-state index is 12.6. The summed E-state index contributed by atoms with van der Waals surface area (Å²) in [6, 6.07) is 22.9. The first-order valence-corrected chi connectivity index (χ1v) is 10.8. The van der Waals surface area contributed by atoms with Gasteiger partial charge < -0.3 is 4.90 Å². The van der Waals surface area contributed by atoms with Gasteiger partial charge in [0.25, 0.3) is 0 Å². The summed E-state index contributed by atoms with van der Waals surface area (Å²) in [5.41, 5.74) is 2.50. The Bertz CT molecular complexity index is 888. The molecule has 3 nitrogen and oxygen atoms in total. The van der Waals surface area contributed by atoms with E-state index >= 15 is 0 Å². The first-order valence-electron chi connectivity index (χ1n) is 9.55. The van der Waals surface area contributed by atoms with Gasteiger partial charge in [-0.2, -0.15) is 0 Å². The molecule has 0 aliphatic carbocycles. The molecule has 1 aliphatic heterocycles. The second-order valence-electron chi connectivity index (χ2n) is 7.04. The molecule has 1 saturated heterocycles. The van der Waals surface area contributed by atoms with E-state index < -0.39 is 0 Å². The topological polar surface area (TPSA) is 23.6 Å². The summed E-state index contributed by atoms with van der Waals surface area (Å²) in [5.74, 6) is 0.227. The Morgan fingerprint density at radius 3 is 2.21 bits per heavy atom. The van der Waals surface area contributed by atoms with Crippen LogP contribution in [0, 0.1) is 0 Å². The van der Waals surface area contributed by atoms with Gasteiger partial charge in [-0.25, -0.2) is 0 Å². The summed E-state index contributed by atoms with van der Waals surface area (Å²) in [6.07, 6.45) is 0.511. The molecule has 28 heavy (non-hydrogen) atoms. The number of piperazine rings is 1. The highest BCUT2D eigenvalue weighted by molar-refractivity contribution is 7.10. The lowest BCUT2D eigenvalue weighted by Crippen LogP contribution is -2.50. The van der Waals surface area contributed by atoms with Gasteiger partial charge in [0.05, 0.1) is 12.5 Å². The molecule has 0 bridgehead atoms. The van der Waals surface area contributed by atoms with E-state index in [1.807, 2.05) is 40.6 Å². The molecule has 1 aliphatic rings. The third-order valence-corrected chi connectivity index (χ3v) is 6.37. The Morgan fingerprint density at radius 1 is 0.893 bits per heavy atom. The number of nitrogens with zero attached hydrogens (tertiary/aromatic N) is 2. The Balaban J connectivity index is 1.48. The van der Waals surface area contributed by atoms with Crippen molar-refractivity contribution in [3.63, 3.8) is 0 Å². The molecule has 0 spiro atoms. The number of hydrogen-bond donors (Lipinski definition) is 0. The highest BCUT2D eigenvalue weighted by Crippen LogP contribution is 2.30. The van der Waals surface area contributed by atoms with E-state index in [0.717, 1.165) is 36.1 Å². The number of halogens is 1. The number of rotatable bonds is 5. The van der Waals surface area contributed by atoms with Gasteiger partial charge in [-0.05, 0) is 34.7 Å². The summed E-state index contributed by atoms with van der Waals surface area (Å²) in [4.78, 5) is 18.2. The predicted molar refractivity (Wildman–Crippen MR) is 116 cm³/mol. The van der Waals surface area contributed by atoms with Crippen LogP contribution in [0.5, 0.6) is 0 Å². The van der Waals surface area contributed by atoms with Gasteiger partial charge in [0, 0.05) is 36.1 Å². The minimum atomic E-state index is 0.174. The van der Waals surface area contributed by atoms with Gasteiger partial charge in [0.1, 0.15) is 0 Å². The van der Waals surface area contributed by atoms with Crippen LogP contribution in [-0.4, -0.2) is 41.9 Å². The Labute approximate surface area is 175 Å². The van der Waals surface area contributed by atoms with Gasteiger partial charge in [-0.15, -0.1) is 11.3 Å². The van der Waals surface area contributed by atoms with Crippen LogP contribution in [0.15, 0.2) is 72.1 Å². The van der Waals surface area contributed by atoms with Crippen molar-refractivity contribution in [1.29, 1.82) is 0 Å². The van der Waals surface area contributed by atoms with Crippen LogP contribution in [0.3, 0.4) is 0 Å². The van der Waals surface area contributed by atoms with Crippen LogP contribution in [-0.2, 0) is 11.2 Å². The van der Waals surface area contributed by atoms with Crippen molar-refractivity contribution in [2.24, 2.45) is 0 Å². The normalized spacial score (nSPS) is 16.1. The lowest BCUT2D eigenvalue weighted by atomic mass is 9.96. The molecule has 0 saturated carbocycles. The molecule has 1 aromatic heterocycles. The molecule has 2 heterocycles. The van der Waals surface area contributed by atoms with Crippen molar-refractivity contribution in [3.8, 4) is 0 Å². The van der Waals surface area contributed by atoms with Crippen molar-refractivity contribution in [3.05, 3.63) is 93.1 Å². The van der Waals surface area contributed by atoms with Crippen molar-refractivity contribution in [1.82, 2.24) is 9.80 Å². The highest BCUT2D eigenvalue weighted by Gasteiger charge is 2.28. The van der Waals surface area contributed by atoms with E-state index in [1.54, 1.807) is 11.3 Å². The van der Waals surface area contributed by atoms with E-state index in [1.165, 1.54) is 11.1 Å². The molecule has 0 unspecified atom stereocenters. The van der Waals surface area contributed by atoms with E-state index in [0.29, 0.717) is 6.42 Å². The molecular weight excluding hydrogens is 388 g/mol. The first kappa shape index (κ1) is 19.2. The van der Waals surface area contributed by atoms with Gasteiger partial charge in [0.15, 0.2) is 0 Å². The molecule has 0 N–H and O–H groups in total. The van der Waals surface area contributed by atoms with Gasteiger partial charge in [-0.1, -0.05) is 60.1 Å². The van der Waals surface area contributed by atoms with Crippen molar-refractivity contribution < 1.29 is 4.79 Å². The zero-order chi connectivity index (χ0) is 19.3. The SMILES string of the molecule is O=C(Cc1cccs1)N1CCN([C@@H](c2ccccc2)c2ccc(Cl)cc2)CC1. The number of hydrogen-bond acceptors (Lipinski definition) is 3. The minimum absolute atomic E-state index is 0.174. The highest BCUT2D eigenvalue weighted by atomic mass is 35.5. The number of carbonyl (C=O) groups excluding carboxylic acids is 1. The van der Waals surface area contributed by atoms with Crippen LogP contribution in [0.2, 0.25) is 5.02 Å². The number of carbonyl (C=O) groups is 1. The molecule has 1 fully saturated rings. The standard InChI is InChI=1S/C23H23ClN2OS/c24-20-10-8-19(9-11-20)23(18-5-2-1-3-6-18)26-14-12-25(13-15-26)22(27)17-21-7-4-16-28-21/h1-11,16,23H,12-15,17H2/t23-/m0/s1. The van der Waals surface area contributed by atoms with Crippen LogP contribution in [0.25, 0.3) is 0 Å². The second kappa shape index (κ2) is 8.91. The summed E-state index contributed by atoms with van der Waals surface area (Å²) in [7, 11) is 0. The maximum Gasteiger partial charge on any atom is 0.227 e. The van der Waals surface area contributed by atoms with Crippen molar-refractivity contribution in [2.75, 3.05) is 26.2 Å². The quantitative estimate of drug-likeness (QED) is 0.598. The van der Waals surface area contributed by atoms with Crippen molar-refractivity contribution >= 4 is 28.8 Å². The monoisotopic (exact) mass is 410 g/mol. The molecule has 3 aromatic rings. The smallest absolute Gasteiger partial charge is 0.227 e. The van der Waals surface area contributed by atoms with Crippen LogP contribution in [0.4, 0.5) is 0 Å². The number of amides is 1. The van der Waals surface area contributed by atoms with E-state index in [-0.39, 0.29) is 11.9 Å². The molecule has 4 rings (SSSR count). The van der Waals surface area contributed by atoms with Gasteiger partial charge >= 0.3 is 0 Å². The Hall–Kier alpha value is -2.14. The summed E-state index contributed by atoms with van der Waals surface area (Å²) in [6.45, 7) is 3.25. The van der Waals surface area contributed by atoms with E-state index in [2.05, 4.69) is 41.3 Å². The van der Waals surface area contributed by atoms with Crippen molar-refractivity contribution in [2.45, 2.75) is 12.5 Å². The summed E-state index contributed by atoms with van der Waals surface area (Å²) < 4.78 is 0. The largest absolute Gasteiger partial charge is 0.340 e. The number of thiophene rings is 1. The lowest BCUT2D eigenvalue weighted by Gasteiger charge is -2.39. The molecule has 0 radical (unpaired) electrons.